The van der Waals surface area contributed by atoms with Gasteiger partial charge >= 0.3 is 5.69 Å². The second kappa shape index (κ2) is 9.37. The van der Waals surface area contributed by atoms with Gasteiger partial charge in [0, 0.05) is 28.9 Å². The summed E-state index contributed by atoms with van der Waals surface area (Å²) >= 11 is 0. The number of hydrogen-bond acceptors (Lipinski definition) is 4. The molecule has 2 aromatic carbocycles. The number of rotatable bonds is 4. The van der Waals surface area contributed by atoms with Gasteiger partial charge in [0.2, 0.25) is 5.91 Å². The third-order valence-electron chi connectivity index (χ3n) is 8.71. The maximum absolute atomic E-state index is 16.1. The number of para-hydroxylation sites is 1. The lowest BCUT2D eigenvalue weighted by molar-refractivity contribution is -0.119. The van der Waals surface area contributed by atoms with Crippen molar-refractivity contribution in [2.24, 2.45) is 11.7 Å². The largest absolute Gasteiger partial charge is 0.390 e. The molecule has 212 valence electrons. The summed E-state index contributed by atoms with van der Waals surface area (Å²) in [6.07, 6.45) is 1.54. The number of aromatic amines is 2. The Morgan fingerprint density at radius 3 is 2.54 bits per heavy atom. The molecule has 1 amide bonds. The number of nitrogens with two attached hydrogens (primary N) is 1. The normalized spacial score (nSPS) is 18.9. The number of amides is 1. The molecule has 2 atom stereocenters. The van der Waals surface area contributed by atoms with Crippen LogP contribution in [-0.2, 0) is 17.6 Å². The monoisotopic (exact) mass is 560 g/mol. The first-order chi connectivity index (χ1) is 19.4. The number of benzene rings is 2. The highest BCUT2D eigenvalue weighted by Crippen LogP contribution is 2.48. The Morgan fingerprint density at radius 2 is 1.83 bits per heavy atom. The van der Waals surface area contributed by atoms with Crippen LogP contribution in [-0.4, -0.2) is 31.1 Å². The number of aliphatic hydroxyl groups is 1. The van der Waals surface area contributed by atoms with Crippen LogP contribution >= 0.6 is 0 Å². The van der Waals surface area contributed by atoms with Gasteiger partial charge in [-0.2, -0.15) is 0 Å². The van der Waals surface area contributed by atoms with Crippen LogP contribution in [0, 0.1) is 18.7 Å². The predicted molar refractivity (Wildman–Crippen MR) is 151 cm³/mol. The molecule has 0 fully saturated rings. The molecule has 0 spiro atoms. The van der Waals surface area contributed by atoms with Crippen molar-refractivity contribution in [3.05, 3.63) is 103 Å². The molecule has 2 aromatic heterocycles. The van der Waals surface area contributed by atoms with Crippen LogP contribution in [0.2, 0.25) is 0 Å². The zero-order valence-electron chi connectivity index (χ0n) is 22.9. The van der Waals surface area contributed by atoms with Crippen molar-refractivity contribution in [2.45, 2.75) is 58.0 Å². The minimum atomic E-state index is -0.912. The number of carbonyl (C=O) groups is 1. The fourth-order valence-corrected chi connectivity index (χ4v) is 6.48. The molecule has 0 saturated carbocycles. The summed E-state index contributed by atoms with van der Waals surface area (Å²) in [7, 11) is 0. The zero-order valence-corrected chi connectivity index (χ0v) is 22.9. The Hall–Kier alpha value is -4.31. The van der Waals surface area contributed by atoms with E-state index < -0.39 is 40.3 Å². The van der Waals surface area contributed by atoms with Crippen LogP contribution in [0.5, 0.6) is 0 Å². The van der Waals surface area contributed by atoms with E-state index in [-0.39, 0.29) is 34.5 Å². The molecule has 0 bridgehead atoms. The highest BCUT2D eigenvalue weighted by atomic mass is 19.1. The average Bonchev–Trinajstić information content (AvgIpc) is 3.28. The van der Waals surface area contributed by atoms with Crippen LogP contribution < -0.4 is 17.0 Å². The number of H-pyrrole nitrogens is 2. The van der Waals surface area contributed by atoms with Gasteiger partial charge in [-0.25, -0.2) is 18.1 Å². The summed E-state index contributed by atoms with van der Waals surface area (Å²) in [5.41, 5.74) is 7.35. The lowest BCUT2D eigenvalue weighted by atomic mass is 9.75. The van der Waals surface area contributed by atoms with Crippen molar-refractivity contribution in [2.75, 3.05) is 0 Å². The summed E-state index contributed by atoms with van der Waals surface area (Å²) < 4.78 is 31.3. The number of primary amides is 1. The third kappa shape index (κ3) is 4.16. The van der Waals surface area contributed by atoms with Gasteiger partial charge in [-0.3, -0.25) is 9.59 Å². The third-order valence-corrected chi connectivity index (χ3v) is 8.71. The quantitative estimate of drug-likeness (QED) is 0.300. The van der Waals surface area contributed by atoms with E-state index >= 15 is 4.39 Å². The molecule has 2 heterocycles. The molecule has 4 aromatic rings. The molecule has 2 aliphatic carbocycles. The number of aromatic nitrogens is 3. The maximum Gasteiger partial charge on any atom is 0.333 e. The van der Waals surface area contributed by atoms with E-state index in [2.05, 4.69) is 9.97 Å². The molecular formula is C31H30F2N4O4. The number of nitrogens with one attached hydrogen (secondary N) is 2. The molecule has 2 aliphatic rings. The Kier molecular flexibility index (Phi) is 6.15. The smallest absolute Gasteiger partial charge is 0.333 e. The van der Waals surface area contributed by atoms with Crippen LogP contribution in [0.15, 0.2) is 51.8 Å². The van der Waals surface area contributed by atoms with E-state index in [4.69, 9.17) is 5.73 Å². The van der Waals surface area contributed by atoms with Crippen LogP contribution in [0.3, 0.4) is 0 Å². The first-order valence-electron chi connectivity index (χ1n) is 13.6. The lowest BCUT2D eigenvalue weighted by Crippen LogP contribution is -2.35. The topological polar surface area (TPSA) is 134 Å². The number of nitrogens with zero attached hydrogens (tertiary/aromatic N) is 1. The number of fused-ring (bicyclic) bond motifs is 4. The van der Waals surface area contributed by atoms with Gasteiger partial charge in [0.1, 0.15) is 11.6 Å². The minimum Gasteiger partial charge on any atom is -0.390 e. The fourth-order valence-electron chi connectivity index (χ4n) is 6.48. The number of hydrogen-bond donors (Lipinski definition) is 4. The van der Waals surface area contributed by atoms with Crippen molar-refractivity contribution in [1.82, 2.24) is 14.5 Å². The molecule has 0 radical (unpaired) electrons. The Labute approximate surface area is 233 Å². The molecule has 6 rings (SSSR count). The van der Waals surface area contributed by atoms with Gasteiger partial charge in [-0.05, 0) is 80.8 Å². The van der Waals surface area contributed by atoms with Crippen molar-refractivity contribution in [3.8, 4) is 5.69 Å². The molecule has 5 N–H and O–H groups in total. The van der Waals surface area contributed by atoms with Crippen molar-refractivity contribution in [3.63, 3.8) is 0 Å². The van der Waals surface area contributed by atoms with E-state index in [1.54, 1.807) is 39.0 Å². The van der Waals surface area contributed by atoms with Crippen molar-refractivity contribution >= 4 is 22.4 Å². The number of carbonyl (C=O) groups excluding carboxylic acids is 1. The van der Waals surface area contributed by atoms with Gasteiger partial charge in [-0.1, -0.05) is 18.2 Å². The fraction of sp³-hybridized carbons (Fsp3) is 0.323. The van der Waals surface area contributed by atoms with Gasteiger partial charge in [-0.15, -0.1) is 0 Å². The van der Waals surface area contributed by atoms with Gasteiger partial charge in [0.25, 0.3) is 5.56 Å². The van der Waals surface area contributed by atoms with E-state index in [1.807, 2.05) is 0 Å². The number of allylic oxidation sites excluding steroid dienone is 1. The van der Waals surface area contributed by atoms with E-state index in [0.717, 1.165) is 21.9 Å². The first kappa shape index (κ1) is 26.9. The highest BCUT2D eigenvalue weighted by Gasteiger charge is 2.40. The van der Waals surface area contributed by atoms with E-state index in [1.165, 1.54) is 12.1 Å². The van der Waals surface area contributed by atoms with Gasteiger partial charge in [0.05, 0.1) is 28.1 Å². The predicted octanol–water partition coefficient (Wildman–Crippen LogP) is 4.03. The Morgan fingerprint density at radius 1 is 1.10 bits per heavy atom. The standard InChI is InChI=1S/C31H30F2N4O4/c1-14-16(6-5-9-23(14)37-29(39)18-7-4-8-20(32)26(18)36-30(37)40)24-21(33)13-19(28(34)38)27-25(24)17-11-10-15(31(2,3)41)12-22(17)35-27/h4-9,15,19,35,41H,10-13H2,1-3H3,(H2,34,38)(H,36,40)/t15-,19-/m0/s1. The van der Waals surface area contributed by atoms with Crippen molar-refractivity contribution < 1.29 is 18.7 Å². The van der Waals surface area contributed by atoms with E-state index in [0.29, 0.717) is 41.6 Å². The summed E-state index contributed by atoms with van der Waals surface area (Å²) in [6.45, 7) is 5.22. The van der Waals surface area contributed by atoms with Gasteiger partial charge < -0.3 is 20.8 Å². The summed E-state index contributed by atoms with van der Waals surface area (Å²) in [5.74, 6) is -2.80. The molecule has 0 aliphatic heterocycles. The summed E-state index contributed by atoms with van der Waals surface area (Å²) in [6, 6.07) is 8.90. The van der Waals surface area contributed by atoms with Crippen LogP contribution in [0.1, 0.15) is 66.2 Å². The minimum absolute atomic E-state index is 0.00474. The number of halogens is 2. The second-order valence-corrected chi connectivity index (χ2v) is 11.6. The SMILES string of the molecule is Cc1c(C2=C(F)C[C@H](C(N)=O)c3[nH]c4c(c32)CC[C@H](C(C)(C)O)C4)cccc1-n1c(=O)[nH]c2c(F)cccc2c1=O. The van der Waals surface area contributed by atoms with Gasteiger partial charge in [0.15, 0.2) is 0 Å². The van der Waals surface area contributed by atoms with E-state index in [9.17, 15) is 23.9 Å². The first-order valence-corrected chi connectivity index (χ1v) is 13.6. The Bertz CT molecular complexity index is 1910. The maximum atomic E-state index is 16.1. The summed E-state index contributed by atoms with van der Waals surface area (Å²) in [5, 5.41) is 10.7. The molecule has 0 unspecified atom stereocenters. The van der Waals surface area contributed by atoms with Crippen molar-refractivity contribution in [1.29, 1.82) is 0 Å². The summed E-state index contributed by atoms with van der Waals surface area (Å²) in [4.78, 5) is 44.7. The second-order valence-electron chi connectivity index (χ2n) is 11.6. The Balaban J connectivity index is 1.56. The molecule has 8 nitrogen and oxygen atoms in total. The molecule has 10 heteroatoms. The molecule has 41 heavy (non-hydrogen) atoms. The molecule has 0 saturated heterocycles. The van der Waals surface area contributed by atoms with Crippen LogP contribution in [0.4, 0.5) is 8.78 Å². The highest BCUT2D eigenvalue weighted by molar-refractivity contribution is 5.93. The lowest BCUT2D eigenvalue weighted by Gasteiger charge is -2.33. The average molecular weight is 561 g/mol. The van der Waals surface area contributed by atoms with Crippen LogP contribution in [0.25, 0.3) is 22.2 Å². The molecular weight excluding hydrogens is 530 g/mol. The zero-order chi connectivity index (χ0) is 29.4.